The van der Waals surface area contributed by atoms with Gasteiger partial charge in [-0.05, 0) is 18.9 Å². The van der Waals surface area contributed by atoms with Gasteiger partial charge in [-0.3, -0.25) is 4.79 Å². The highest BCUT2D eigenvalue weighted by molar-refractivity contribution is 5.82. The van der Waals surface area contributed by atoms with Crippen LogP contribution in [0.25, 0.3) is 0 Å². The van der Waals surface area contributed by atoms with Crippen molar-refractivity contribution in [2.24, 2.45) is 0 Å². The van der Waals surface area contributed by atoms with Crippen LogP contribution in [0.2, 0.25) is 0 Å². The predicted molar refractivity (Wildman–Crippen MR) is 70.6 cm³/mol. The standard InChI is InChI=1S/C13H20N4O/c1-4-16-7-8-17(9-12(16)18)13-14-6-5-11(15-13)10(2)3/h5-6,10H,4,7-9H2,1-3H3. The molecule has 0 unspecified atom stereocenters. The maximum Gasteiger partial charge on any atom is 0.242 e. The van der Waals surface area contributed by atoms with Gasteiger partial charge in [0, 0.05) is 31.5 Å². The number of hydrogen-bond acceptors (Lipinski definition) is 4. The topological polar surface area (TPSA) is 49.3 Å². The second-order valence-electron chi connectivity index (χ2n) is 4.83. The van der Waals surface area contributed by atoms with Crippen LogP contribution in [-0.2, 0) is 4.79 Å². The van der Waals surface area contributed by atoms with Gasteiger partial charge >= 0.3 is 0 Å². The highest BCUT2D eigenvalue weighted by atomic mass is 16.2. The molecule has 0 N–H and O–H groups in total. The lowest BCUT2D eigenvalue weighted by molar-refractivity contribution is -0.130. The zero-order valence-electron chi connectivity index (χ0n) is 11.3. The smallest absolute Gasteiger partial charge is 0.242 e. The van der Waals surface area contributed by atoms with Gasteiger partial charge in [0.1, 0.15) is 0 Å². The van der Waals surface area contributed by atoms with E-state index in [1.54, 1.807) is 6.20 Å². The summed E-state index contributed by atoms with van der Waals surface area (Å²) < 4.78 is 0. The molecule has 0 aliphatic carbocycles. The number of anilines is 1. The Labute approximate surface area is 108 Å². The van der Waals surface area contributed by atoms with Gasteiger partial charge in [0.2, 0.25) is 11.9 Å². The van der Waals surface area contributed by atoms with E-state index < -0.39 is 0 Å². The molecule has 0 spiro atoms. The number of piperazine rings is 1. The number of rotatable bonds is 3. The first kappa shape index (κ1) is 12.8. The van der Waals surface area contributed by atoms with E-state index in [1.165, 1.54) is 0 Å². The molecule has 98 valence electrons. The van der Waals surface area contributed by atoms with Gasteiger partial charge in [-0.15, -0.1) is 0 Å². The summed E-state index contributed by atoms with van der Waals surface area (Å²) in [6.07, 6.45) is 1.77. The summed E-state index contributed by atoms with van der Waals surface area (Å²) in [6, 6.07) is 1.93. The van der Waals surface area contributed by atoms with Crippen LogP contribution in [0.5, 0.6) is 0 Å². The minimum absolute atomic E-state index is 0.155. The van der Waals surface area contributed by atoms with Gasteiger partial charge in [-0.2, -0.15) is 0 Å². The molecule has 5 heteroatoms. The number of carbonyl (C=O) groups is 1. The zero-order valence-corrected chi connectivity index (χ0v) is 11.3. The molecule has 2 heterocycles. The van der Waals surface area contributed by atoms with Crippen LogP contribution in [0, 0.1) is 0 Å². The van der Waals surface area contributed by atoms with Crippen molar-refractivity contribution in [1.82, 2.24) is 14.9 Å². The average Bonchev–Trinajstić information content (AvgIpc) is 2.38. The maximum absolute atomic E-state index is 11.9. The third kappa shape index (κ3) is 2.60. The molecule has 18 heavy (non-hydrogen) atoms. The second kappa shape index (κ2) is 5.33. The van der Waals surface area contributed by atoms with Crippen molar-refractivity contribution in [1.29, 1.82) is 0 Å². The summed E-state index contributed by atoms with van der Waals surface area (Å²) in [5.41, 5.74) is 1.02. The van der Waals surface area contributed by atoms with Gasteiger partial charge in [0.05, 0.1) is 6.54 Å². The van der Waals surface area contributed by atoms with E-state index in [-0.39, 0.29) is 5.91 Å². The SMILES string of the molecule is CCN1CCN(c2nccc(C(C)C)n2)CC1=O. The molecule has 1 aliphatic heterocycles. The number of hydrogen-bond donors (Lipinski definition) is 0. The number of aromatic nitrogens is 2. The molecule has 2 rings (SSSR count). The minimum Gasteiger partial charge on any atom is -0.340 e. The number of nitrogens with zero attached hydrogens (tertiary/aromatic N) is 4. The van der Waals surface area contributed by atoms with E-state index in [9.17, 15) is 4.79 Å². The molecule has 1 aromatic rings. The van der Waals surface area contributed by atoms with Crippen LogP contribution in [0.15, 0.2) is 12.3 Å². The van der Waals surface area contributed by atoms with Crippen LogP contribution < -0.4 is 4.90 Å². The predicted octanol–water partition coefficient (Wildman–Crippen LogP) is 1.27. The summed E-state index contributed by atoms with van der Waals surface area (Å²) in [4.78, 5) is 24.5. The Morgan fingerprint density at radius 3 is 2.78 bits per heavy atom. The minimum atomic E-state index is 0.155. The fourth-order valence-electron chi connectivity index (χ4n) is 2.05. The Morgan fingerprint density at radius 2 is 2.17 bits per heavy atom. The fourth-order valence-corrected chi connectivity index (χ4v) is 2.05. The molecule has 0 saturated carbocycles. The fraction of sp³-hybridized carbons (Fsp3) is 0.615. The third-order valence-electron chi connectivity index (χ3n) is 3.24. The second-order valence-corrected chi connectivity index (χ2v) is 4.83. The molecule has 0 radical (unpaired) electrons. The first-order valence-corrected chi connectivity index (χ1v) is 6.47. The molecule has 0 aromatic carbocycles. The molecule has 0 atom stereocenters. The summed E-state index contributed by atoms with van der Waals surface area (Å²) in [5, 5.41) is 0. The van der Waals surface area contributed by atoms with Gasteiger partial charge < -0.3 is 9.80 Å². The maximum atomic E-state index is 11.9. The van der Waals surface area contributed by atoms with E-state index in [4.69, 9.17) is 0 Å². The van der Waals surface area contributed by atoms with E-state index in [1.807, 2.05) is 22.8 Å². The van der Waals surface area contributed by atoms with E-state index in [2.05, 4.69) is 23.8 Å². The first-order valence-electron chi connectivity index (χ1n) is 6.47. The van der Waals surface area contributed by atoms with Crippen molar-refractivity contribution in [3.8, 4) is 0 Å². The van der Waals surface area contributed by atoms with Gasteiger partial charge in [0.25, 0.3) is 0 Å². The number of amides is 1. The highest BCUT2D eigenvalue weighted by Crippen LogP contribution is 2.16. The van der Waals surface area contributed by atoms with Crippen LogP contribution in [0.3, 0.4) is 0 Å². The lowest BCUT2D eigenvalue weighted by Crippen LogP contribution is -2.50. The summed E-state index contributed by atoms with van der Waals surface area (Å²) >= 11 is 0. The Balaban J connectivity index is 2.13. The van der Waals surface area contributed by atoms with Crippen molar-refractivity contribution < 1.29 is 4.79 Å². The molecular weight excluding hydrogens is 228 g/mol. The van der Waals surface area contributed by atoms with Crippen molar-refractivity contribution in [3.63, 3.8) is 0 Å². The first-order chi connectivity index (χ1) is 8.61. The van der Waals surface area contributed by atoms with E-state index in [0.717, 1.165) is 25.3 Å². The quantitative estimate of drug-likeness (QED) is 0.808. The monoisotopic (exact) mass is 248 g/mol. The van der Waals surface area contributed by atoms with E-state index >= 15 is 0 Å². The van der Waals surface area contributed by atoms with Gasteiger partial charge in [-0.25, -0.2) is 9.97 Å². The molecule has 0 bridgehead atoms. The number of likely N-dealkylation sites (N-methyl/N-ethyl adjacent to an activating group) is 1. The van der Waals surface area contributed by atoms with E-state index in [0.29, 0.717) is 18.4 Å². The zero-order chi connectivity index (χ0) is 13.1. The Hall–Kier alpha value is -1.65. The molecule has 1 saturated heterocycles. The van der Waals surface area contributed by atoms with Crippen molar-refractivity contribution in [2.75, 3.05) is 31.1 Å². The molecule has 1 amide bonds. The van der Waals surface area contributed by atoms with Crippen molar-refractivity contribution >= 4 is 11.9 Å². The largest absolute Gasteiger partial charge is 0.340 e. The summed E-state index contributed by atoms with van der Waals surface area (Å²) in [7, 11) is 0. The normalized spacial score (nSPS) is 16.6. The molecule has 1 aromatic heterocycles. The average molecular weight is 248 g/mol. The Morgan fingerprint density at radius 1 is 1.39 bits per heavy atom. The Kier molecular flexibility index (Phi) is 3.79. The Bertz CT molecular complexity index is 433. The summed E-state index contributed by atoms with van der Waals surface area (Å²) in [5.74, 6) is 1.20. The molecule has 1 aliphatic rings. The van der Waals surface area contributed by atoms with Crippen LogP contribution in [0.4, 0.5) is 5.95 Å². The molecular formula is C13H20N4O. The lowest BCUT2D eigenvalue weighted by atomic mass is 10.1. The van der Waals surface area contributed by atoms with Crippen molar-refractivity contribution in [3.05, 3.63) is 18.0 Å². The van der Waals surface area contributed by atoms with Gasteiger partial charge in [-0.1, -0.05) is 13.8 Å². The highest BCUT2D eigenvalue weighted by Gasteiger charge is 2.24. The van der Waals surface area contributed by atoms with Crippen LogP contribution >= 0.6 is 0 Å². The van der Waals surface area contributed by atoms with Crippen molar-refractivity contribution in [2.45, 2.75) is 26.7 Å². The van der Waals surface area contributed by atoms with Crippen LogP contribution in [-0.4, -0.2) is 47.0 Å². The molecule has 5 nitrogen and oxygen atoms in total. The molecule has 1 fully saturated rings. The lowest BCUT2D eigenvalue weighted by Gasteiger charge is -2.33. The number of carbonyl (C=O) groups excluding carboxylic acids is 1. The summed E-state index contributed by atoms with van der Waals surface area (Å²) in [6.45, 7) is 8.93. The van der Waals surface area contributed by atoms with Crippen LogP contribution in [0.1, 0.15) is 32.4 Å². The third-order valence-corrected chi connectivity index (χ3v) is 3.24. The van der Waals surface area contributed by atoms with Gasteiger partial charge in [0.15, 0.2) is 0 Å².